The third kappa shape index (κ3) is 5.60. The summed E-state index contributed by atoms with van der Waals surface area (Å²) in [5, 5.41) is 3.42. The normalized spacial score (nSPS) is 20.0. The highest BCUT2D eigenvalue weighted by Gasteiger charge is 2.46. The van der Waals surface area contributed by atoms with Crippen LogP contribution in [-0.4, -0.2) is 41.4 Å². The first-order chi connectivity index (χ1) is 14.2. The average molecular weight is 438 g/mol. The van der Waals surface area contributed by atoms with Crippen molar-refractivity contribution >= 4 is 28.8 Å². The van der Waals surface area contributed by atoms with Crippen molar-refractivity contribution < 1.29 is 18.7 Å². The second-order valence-electron chi connectivity index (χ2n) is 7.07. The first-order valence-electron chi connectivity index (χ1n) is 10.1. The number of nitrogens with two attached hydrogens (primary N) is 1. The topological polar surface area (TPSA) is 116 Å². The minimum atomic E-state index is -1.47. The van der Waals surface area contributed by atoms with Crippen LogP contribution in [0.2, 0.25) is 0 Å². The molecular weight excluding hydrogens is 406 g/mol. The van der Waals surface area contributed by atoms with Gasteiger partial charge in [-0.3, -0.25) is 10.5 Å². The SMILES string of the molecule is C=Cc1cc([C@@H](CCC)NC(=O)[C@]2(N)CSC(C(C)(OCC)OCC)=N2)oc(=O)c1. The molecule has 0 unspecified atom stereocenters. The van der Waals surface area contributed by atoms with Crippen LogP contribution in [0.5, 0.6) is 0 Å². The number of aliphatic imine (C=N–C) groups is 1. The molecule has 1 aliphatic heterocycles. The Labute approximate surface area is 181 Å². The molecule has 0 spiro atoms. The van der Waals surface area contributed by atoms with Crippen LogP contribution in [0.3, 0.4) is 0 Å². The number of carbonyl (C=O) groups excluding carboxylic acids is 1. The second kappa shape index (κ2) is 10.4. The molecule has 0 fully saturated rings. The molecule has 1 amide bonds. The molecule has 0 aliphatic carbocycles. The van der Waals surface area contributed by atoms with Crippen molar-refractivity contribution in [3.63, 3.8) is 0 Å². The summed E-state index contributed by atoms with van der Waals surface area (Å²) in [6.07, 6.45) is 2.90. The zero-order valence-electron chi connectivity index (χ0n) is 18.0. The molecule has 1 aromatic rings. The summed E-state index contributed by atoms with van der Waals surface area (Å²) >= 11 is 1.34. The fourth-order valence-corrected chi connectivity index (χ4v) is 4.31. The molecule has 166 valence electrons. The van der Waals surface area contributed by atoms with Crippen LogP contribution in [0, 0.1) is 0 Å². The van der Waals surface area contributed by atoms with Gasteiger partial charge in [-0.1, -0.05) is 26.0 Å². The van der Waals surface area contributed by atoms with Gasteiger partial charge < -0.3 is 19.2 Å². The van der Waals surface area contributed by atoms with E-state index in [1.54, 1.807) is 19.1 Å². The van der Waals surface area contributed by atoms with Gasteiger partial charge in [0.25, 0.3) is 5.91 Å². The molecule has 0 bridgehead atoms. The van der Waals surface area contributed by atoms with Gasteiger partial charge in [-0.2, -0.15) is 0 Å². The van der Waals surface area contributed by atoms with E-state index >= 15 is 0 Å². The lowest BCUT2D eigenvalue weighted by Gasteiger charge is -2.28. The van der Waals surface area contributed by atoms with Gasteiger partial charge in [0, 0.05) is 25.0 Å². The van der Waals surface area contributed by atoms with Crippen molar-refractivity contribution in [1.82, 2.24) is 5.32 Å². The molecule has 30 heavy (non-hydrogen) atoms. The fourth-order valence-electron chi connectivity index (χ4n) is 3.15. The van der Waals surface area contributed by atoms with Crippen LogP contribution >= 0.6 is 11.8 Å². The van der Waals surface area contributed by atoms with Gasteiger partial charge >= 0.3 is 5.63 Å². The summed E-state index contributed by atoms with van der Waals surface area (Å²) < 4.78 is 16.8. The summed E-state index contributed by atoms with van der Waals surface area (Å²) in [6, 6.07) is 2.53. The Bertz CT molecular complexity index is 847. The highest BCUT2D eigenvalue weighted by molar-refractivity contribution is 8.14. The van der Waals surface area contributed by atoms with Crippen LogP contribution in [0.4, 0.5) is 0 Å². The Hall–Kier alpha value is -1.94. The van der Waals surface area contributed by atoms with E-state index in [4.69, 9.17) is 19.6 Å². The van der Waals surface area contributed by atoms with E-state index in [0.717, 1.165) is 6.42 Å². The maximum Gasteiger partial charge on any atom is 0.336 e. The Kier molecular flexibility index (Phi) is 8.42. The average Bonchev–Trinajstić information content (AvgIpc) is 3.12. The molecule has 2 heterocycles. The summed E-state index contributed by atoms with van der Waals surface area (Å²) in [7, 11) is 0. The molecule has 0 aromatic carbocycles. The summed E-state index contributed by atoms with van der Waals surface area (Å²) in [5.41, 5.74) is 5.00. The molecule has 8 nitrogen and oxygen atoms in total. The Morgan fingerprint density at radius 3 is 2.67 bits per heavy atom. The number of amides is 1. The summed E-state index contributed by atoms with van der Waals surface area (Å²) in [6.45, 7) is 12.0. The third-order valence-electron chi connectivity index (χ3n) is 4.62. The van der Waals surface area contributed by atoms with Gasteiger partial charge in [-0.15, -0.1) is 11.8 Å². The second-order valence-corrected chi connectivity index (χ2v) is 8.04. The fraction of sp³-hybridized carbons (Fsp3) is 0.571. The van der Waals surface area contributed by atoms with Gasteiger partial charge in [0.1, 0.15) is 10.8 Å². The van der Waals surface area contributed by atoms with E-state index in [1.807, 2.05) is 20.8 Å². The van der Waals surface area contributed by atoms with E-state index in [9.17, 15) is 9.59 Å². The maximum absolute atomic E-state index is 13.1. The number of nitrogens with zero attached hydrogens (tertiary/aromatic N) is 1. The molecule has 3 N–H and O–H groups in total. The molecule has 2 atom stereocenters. The highest BCUT2D eigenvalue weighted by atomic mass is 32.2. The Morgan fingerprint density at radius 1 is 1.43 bits per heavy atom. The first kappa shape index (κ1) is 24.3. The van der Waals surface area contributed by atoms with E-state index in [2.05, 4.69) is 16.9 Å². The van der Waals surface area contributed by atoms with Crippen LogP contribution in [0.15, 0.2) is 32.9 Å². The predicted molar refractivity (Wildman–Crippen MR) is 119 cm³/mol. The molecular formula is C21H31N3O5S. The molecule has 9 heteroatoms. The zero-order valence-corrected chi connectivity index (χ0v) is 18.8. The van der Waals surface area contributed by atoms with Crippen molar-refractivity contribution in [2.24, 2.45) is 10.7 Å². The standard InChI is InChI=1S/C21H31N3O5S/c1-6-10-15(16-11-14(7-2)12-17(25)29-16)23-18(26)21(22)13-30-19(24-21)20(5,27-8-3)28-9-4/h7,11-12,15H,2,6,8-10,13,22H2,1,3-5H3,(H,23,26)/t15-,21+/m1/s1. The van der Waals surface area contributed by atoms with Crippen LogP contribution in [-0.2, 0) is 14.3 Å². The predicted octanol–water partition coefficient (Wildman–Crippen LogP) is 2.83. The third-order valence-corrected chi connectivity index (χ3v) is 5.94. The number of nitrogens with one attached hydrogen (secondary N) is 1. The lowest BCUT2D eigenvalue weighted by molar-refractivity contribution is -0.169. The van der Waals surface area contributed by atoms with Crippen molar-refractivity contribution in [1.29, 1.82) is 0 Å². The lowest BCUT2D eigenvalue weighted by atomic mass is 10.1. The number of hydrogen-bond donors (Lipinski definition) is 2. The molecule has 0 radical (unpaired) electrons. The Morgan fingerprint density at radius 2 is 2.10 bits per heavy atom. The van der Waals surface area contributed by atoms with Crippen molar-refractivity contribution in [3.8, 4) is 0 Å². The molecule has 1 aromatic heterocycles. The van der Waals surface area contributed by atoms with Crippen molar-refractivity contribution in [3.05, 3.63) is 40.5 Å². The number of rotatable bonds is 11. The van der Waals surface area contributed by atoms with Crippen LogP contribution in [0.1, 0.15) is 57.9 Å². The number of carbonyl (C=O) groups is 1. The summed E-state index contributed by atoms with van der Waals surface area (Å²) in [4.78, 5) is 29.4. The van der Waals surface area contributed by atoms with Crippen molar-refractivity contribution in [2.45, 2.75) is 58.0 Å². The summed E-state index contributed by atoms with van der Waals surface area (Å²) in [5.74, 6) is -0.895. The molecule has 0 saturated heterocycles. The monoisotopic (exact) mass is 437 g/mol. The Balaban J connectivity index is 2.27. The van der Waals surface area contributed by atoms with Gasteiger partial charge in [0.05, 0.1) is 6.04 Å². The number of thioether (sulfide) groups is 1. The zero-order chi connectivity index (χ0) is 22.4. The van der Waals surface area contributed by atoms with E-state index in [1.165, 1.54) is 17.8 Å². The largest absolute Gasteiger partial charge is 0.426 e. The minimum absolute atomic E-state index is 0.249. The van der Waals surface area contributed by atoms with Gasteiger partial charge in [0.15, 0.2) is 5.66 Å². The lowest BCUT2D eigenvalue weighted by Crippen LogP contribution is -2.54. The minimum Gasteiger partial charge on any atom is -0.426 e. The first-order valence-corrected chi connectivity index (χ1v) is 11.1. The van der Waals surface area contributed by atoms with Crippen molar-refractivity contribution in [2.75, 3.05) is 19.0 Å². The quantitative estimate of drug-likeness (QED) is 0.511. The van der Waals surface area contributed by atoms with Gasteiger partial charge in [0.2, 0.25) is 5.79 Å². The number of ether oxygens (including phenoxy) is 2. The number of hydrogen-bond acceptors (Lipinski definition) is 8. The van der Waals surface area contributed by atoms with E-state index in [0.29, 0.717) is 36.0 Å². The highest BCUT2D eigenvalue weighted by Crippen LogP contribution is 2.33. The van der Waals surface area contributed by atoms with E-state index in [-0.39, 0.29) is 5.75 Å². The molecule has 0 saturated carbocycles. The maximum atomic E-state index is 13.1. The van der Waals surface area contributed by atoms with Crippen LogP contribution in [0.25, 0.3) is 6.08 Å². The molecule has 1 aliphatic rings. The smallest absolute Gasteiger partial charge is 0.336 e. The van der Waals surface area contributed by atoms with Gasteiger partial charge in [-0.25, -0.2) is 9.79 Å². The van der Waals surface area contributed by atoms with Gasteiger partial charge in [-0.05, 0) is 38.8 Å². The van der Waals surface area contributed by atoms with Crippen LogP contribution < -0.4 is 16.7 Å². The molecule has 2 rings (SSSR count). The van der Waals surface area contributed by atoms with E-state index < -0.39 is 29.0 Å².